The molecule has 3 heteroatoms. The lowest BCUT2D eigenvalue weighted by molar-refractivity contribution is -0.420. The predicted octanol–water partition coefficient (Wildman–Crippen LogP) is 2.77. The Morgan fingerprint density at radius 3 is 2.15 bits per heavy atom. The van der Waals surface area contributed by atoms with Gasteiger partial charge in [0.25, 0.3) is 5.70 Å². The molecular formula is C10H15NO2. The third-order valence-electron chi connectivity index (χ3n) is 3.05. The van der Waals surface area contributed by atoms with Crippen LogP contribution in [0, 0.1) is 20.9 Å². The third kappa shape index (κ3) is 1.64. The van der Waals surface area contributed by atoms with Crippen molar-refractivity contribution < 1.29 is 4.92 Å². The number of allylic oxidation sites excluding steroid dienone is 3. The van der Waals surface area contributed by atoms with E-state index in [4.69, 9.17) is 0 Å². The third-order valence-corrected chi connectivity index (χ3v) is 3.05. The number of nitrogens with zero attached hydrogens (tertiary/aromatic N) is 1. The summed E-state index contributed by atoms with van der Waals surface area (Å²) in [5.41, 5.74) is 0.0146. The molecule has 0 N–H and O–H groups in total. The second-order valence-electron chi connectivity index (χ2n) is 4.60. The molecule has 0 aromatic rings. The summed E-state index contributed by atoms with van der Waals surface area (Å²) in [6.45, 7) is 8.19. The van der Waals surface area contributed by atoms with Gasteiger partial charge >= 0.3 is 0 Å². The van der Waals surface area contributed by atoms with Crippen LogP contribution in [-0.2, 0) is 0 Å². The Balaban J connectivity index is 3.09. The average Bonchev–Trinajstić information content (AvgIpc) is 1.94. The molecule has 0 bridgehead atoms. The van der Waals surface area contributed by atoms with E-state index in [-0.39, 0.29) is 21.5 Å². The summed E-state index contributed by atoms with van der Waals surface area (Å²) in [5, 5.41) is 10.5. The second kappa shape index (κ2) is 2.69. The summed E-state index contributed by atoms with van der Waals surface area (Å²) in [5.74, 6) is 0. The van der Waals surface area contributed by atoms with E-state index in [2.05, 4.69) is 13.8 Å². The van der Waals surface area contributed by atoms with Crippen LogP contribution in [0.15, 0.2) is 23.9 Å². The highest BCUT2D eigenvalue weighted by atomic mass is 16.6. The first-order chi connectivity index (χ1) is 5.76. The van der Waals surface area contributed by atoms with Crippen molar-refractivity contribution in [3.8, 4) is 0 Å². The minimum atomic E-state index is -0.340. The van der Waals surface area contributed by atoms with Gasteiger partial charge in [-0.3, -0.25) is 10.1 Å². The van der Waals surface area contributed by atoms with Gasteiger partial charge in [-0.15, -0.1) is 0 Å². The van der Waals surface area contributed by atoms with E-state index in [1.807, 2.05) is 19.9 Å². The molecule has 0 radical (unpaired) electrons. The van der Waals surface area contributed by atoms with Crippen molar-refractivity contribution in [3.63, 3.8) is 0 Å². The maximum atomic E-state index is 10.5. The lowest BCUT2D eigenvalue weighted by Crippen LogP contribution is -2.31. The van der Waals surface area contributed by atoms with Gasteiger partial charge in [-0.1, -0.05) is 33.8 Å². The first kappa shape index (κ1) is 9.96. The molecular weight excluding hydrogens is 166 g/mol. The fourth-order valence-electron chi connectivity index (χ4n) is 1.23. The molecule has 0 aromatic carbocycles. The molecule has 0 aliphatic heterocycles. The molecule has 1 aliphatic carbocycles. The first-order valence-electron chi connectivity index (χ1n) is 4.33. The van der Waals surface area contributed by atoms with Crippen LogP contribution < -0.4 is 0 Å². The number of hydrogen-bond donors (Lipinski definition) is 0. The molecule has 3 nitrogen and oxygen atoms in total. The van der Waals surface area contributed by atoms with Crippen molar-refractivity contribution in [1.29, 1.82) is 0 Å². The van der Waals surface area contributed by atoms with Gasteiger partial charge in [-0.05, 0) is 16.9 Å². The molecule has 0 atom stereocenters. The van der Waals surface area contributed by atoms with Crippen molar-refractivity contribution >= 4 is 0 Å². The molecule has 0 aromatic heterocycles. The maximum absolute atomic E-state index is 10.5. The van der Waals surface area contributed by atoms with Crippen LogP contribution in [0.25, 0.3) is 0 Å². The Morgan fingerprint density at radius 2 is 1.77 bits per heavy atom. The largest absolute Gasteiger partial charge is 0.265 e. The summed E-state index contributed by atoms with van der Waals surface area (Å²) >= 11 is 0. The zero-order valence-electron chi connectivity index (χ0n) is 8.50. The standard InChI is InChI=1S/C10H15NO2/c1-9(2)6-5-8(11(12)13)7-10(9,3)4/h5-7H,1-4H3. The first-order valence-corrected chi connectivity index (χ1v) is 4.33. The van der Waals surface area contributed by atoms with Gasteiger partial charge in [-0.25, -0.2) is 0 Å². The average molecular weight is 181 g/mol. The van der Waals surface area contributed by atoms with Gasteiger partial charge in [0, 0.05) is 6.08 Å². The number of hydrogen-bond acceptors (Lipinski definition) is 2. The summed E-state index contributed by atoms with van der Waals surface area (Å²) in [6.07, 6.45) is 5.23. The Hall–Kier alpha value is -1.12. The summed E-state index contributed by atoms with van der Waals surface area (Å²) in [7, 11) is 0. The molecule has 0 heterocycles. The van der Waals surface area contributed by atoms with Crippen LogP contribution in [0.4, 0.5) is 0 Å². The van der Waals surface area contributed by atoms with Gasteiger partial charge in [0.05, 0.1) is 4.92 Å². The molecule has 13 heavy (non-hydrogen) atoms. The zero-order valence-corrected chi connectivity index (χ0v) is 8.50. The summed E-state index contributed by atoms with van der Waals surface area (Å²) in [4.78, 5) is 10.2. The van der Waals surface area contributed by atoms with Crippen molar-refractivity contribution in [3.05, 3.63) is 34.0 Å². The highest BCUT2D eigenvalue weighted by Gasteiger charge is 2.37. The molecule has 0 fully saturated rings. The Morgan fingerprint density at radius 1 is 1.23 bits per heavy atom. The monoisotopic (exact) mass is 181 g/mol. The maximum Gasteiger partial charge on any atom is 0.265 e. The van der Waals surface area contributed by atoms with E-state index >= 15 is 0 Å². The smallest absolute Gasteiger partial charge is 0.258 e. The van der Waals surface area contributed by atoms with Gasteiger partial charge < -0.3 is 0 Å². The number of rotatable bonds is 1. The molecule has 0 amide bonds. The minimum Gasteiger partial charge on any atom is -0.258 e. The van der Waals surface area contributed by atoms with E-state index < -0.39 is 0 Å². The topological polar surface area (TPSA) is 43.1 Å². The van der Waals surface area contributed by atoms with Gasteiger partial charge in [0.15, 0.2) is 0 Å². The SMILES string of the molecule is CC1(C)C=CC([N+](=O)[O-])=CC1(C)C. The summed E-state index contributed by atoms with van der Waals surface area (Å²) in [6, 6.07) is 0. The number of nitro groups is 1. The van der Waals surface area contributed by atoms with Gasteiger partial charge in [-0.2, -0.15) is 0 Å². The lowest BCUT2D eigenvalue weighted by Gasteiger charge is -2.38. The molecule has 0 spiro atoms. The molecule has 72 valence electrons. The molecule has 1 aliphatic rings. The van der Waals surface area contributed by atoms with Crippen LogP contribution in [0.1, 0.15) is 27.7 Å². The Kier molecular flexibility index (Phi) is 2.06. The van der Waals surface area contributed by atoms with E-state index in [1.165, 1.54) is 0 Å². The van der Waals surface area contributed by atoms with Gasteiger partial charge in [0.2, 0.25) is 0 Å². The molecule has 0 unspecified atom stereocenters. The van der Waals surface area contributed by atoms with Crippen molar-refractivity contribution in [2.75, 3.05) is 0 Å². The Labute approximate surface area is 78.3 Å². The van der Waals surface area contributed by atoms with Crippen molar-refractivity contribution in [1.82, 2.24) is 0 Å². The molecule has 1 rings (SSSR count). The lowest BCUT2D eigenvalue weighted by atomic mass is 9.65. The van der Waals surface area contributed by atoms with E-state index in [0.717, 1.165) is 0 Å². The van der Waals surface area contributed by atoms with Crippen LogP contribution in [-0.4, -0.2) is 4.92 Å². The molecule has 0 saturated carbocycles. The summed E-state index contributed by atoms with van der Waals surface area (Å²) < 4.78 is 0. The molecule has 0 saturated heterocycles. The fraction of sp³-hybridized carbons (Fsp3) is 0.600. The van der Waals surface area contributed by atoms with Crippen LogP contribution >= 0.6 is 0 Å². The predicted molar refractivity (Wildman–Crippen MR) is 51.8 cm³/mol. The van der Waals surface area contributed by atoms with E-state index in [9.17, 15) is 10.1 Å². The van der Waals surface area contributed by atoms with E-state index in [1.54, 1.807) is 12.2 Å². The second-order valence-corrected chi connectivity index (χ2v) is 4.60. The van der Waals surface area contributed by atoms with Crippen LogP contribution in [0.2, 0.25) is 0 Å². The normalized spacial score (nSPS) is 23.8. The quantitative estimate of drug-likeness (QED) is 0.461. The van der Waals surface area contributed by atoms with Crippen LogP contribution in [0.3, 0.4) is 0 Å². The highest BCUT2D eigenvalue weighted by Crippen LogP contribution is 2.44. The highest BCUT2D eigenvalue weighted by molar-refractivity contribution is 5.26. The van der Waals surface area contributed by atoms with Crippen molar-refractivity contribution in [2.24, 2.45) is 10.8 Å². The zero-order chi connectivity index (χ0) is 10.3. The Bertz CT molecular complexity index is 298. The van der Waals surface area contributed by atoms with Crippen molar-refractivity contribution in [2.45, 2.75) is 27.7 Å². The van der Waals surface area contributed by atoms with E-state index in [0.29, 0.717) is 0 Å². The van der Waals surface area contributed by atoms with Crippen LogP contribution in [0.5, 0.6) is 0 Å². The fourth-order valence-corrected chi connectivity index (χ4v) is 1.23. The minimum absolute atomic E-state index is 0.0213. The van der Waals surface area contributed by atoms with Gasteiger partial charge in [0.1, 0.15) is 0 Å².